The summed E-state index contributed by atoms with van der Waals surface area (Å²) in [7, 11) is 0. The summed E-state index contributed by atoms with van der Waals surface area (Å²) in [6.45, 7) is 12.9. The molecule has 0 saturated heterocycles. The van der Waals surface area contributed by atoms with E-state index in [1.807, 2.05) is 0 Å². The second-order valence-electron chi connectivity index (χ2n) is 8.38. The first-order valence-electron chi connectivity index (χ1n) is 8.22. The van der Waals surface area contributed by atoms with Crippen molar-refractivity contribution in [3.8, 4) is 0 Å². The number of hydrogen-bond donors (Lipinski definition) is 2. The van der Waals surface area contributed by atoms with Crippen molar-refractivity contribution in [3.63, 3.8) is 0 Å². The van der Waals surface area contributed by atoms with Gasteiger partial charge in [-0.3, -0.25) is 0 Å². The summed E-state index contributed by atoms with van der Waals surface area (Å²) in [6.07, 6.45) is 2.83. The summed E-state index contributed by atoms with van der Waals surface area (Å²) in [5, 5.41) is 0. The molecule has 24 heavy (non-hydrogen) atoms. The molecule has 1 aromatic rings. The number of nitrogens with one attached hydrogen (secondary N) is 1. The van der Waals surface area contributed by atoms with E-state index in [-0.39, 0.29) is 41.0 Å². The minimum atomic E-state index is -0.610. The monoisotopic (exact) mass is 338 g/mol. The fourth-order valence-corrected chi connectivity index (χ4v) is 1.87. The topological polar surface area (TPSA) is 94.4 Å². The Morgan fingerprint density at radius 3 is 1.88 bits per heavy atom. The fourth-order valence-electron chi connectivity index (χ4n) is 1.87. The van der Waals surface area contributed by atoms with E-state index < -0.39 is 11.9 Å². The van der Waals surface area contributed by atoms with E-state index in [2.05, 4.69) is 46.5 Å². The number of aromatic nitrogens is 1. The molecule has 136 valence electrons. The first-order chi connectivity index (χ1) is 10.9. The van der Waals surface area contributed by atoms with E-state index >= 15 is 0 Å². The number of esters is 2. The highest BCUT2D eigenvalue weighted by Gasteiger charge is 2.25. The largest absolute Gasteiger partial charge is 0.462 e. The van der Waals surface area contributed by atoms with Crippen molar-refractivity contribution in [1.82, 2.24) is 4.98 Å². The first kappa shape index (κ1) is 20.1. The van der Waals surface area contributed by atoms with Crippen molar-refractivity contribution in [1.29, 1.82) is 0 Å². The van der Waals surface area contributed by atoms with E-state index in [0.717, 1.165) is 6.42 Å². The van der Waals surface area contributed by atoms with Crippen LogP contribution in [0.5, 0.6) is 0 Å². The third kappa shape index (κ3) is 6.64. The van der Waals surface area contributed by atoms with Gasteiger partial charge in [-0.15, -0.1) is 0 Å². The fraction of sp³-hybridized carbons (Fsp3) is 0.667. The molecule has 0 spiro atoms. The van der Waals surface area contributed by atoms with Gasteiger partial charge in [0.2, 0.25) is 0 Å². The van der Waals surface area contributed by atoms with Crippen LogP contribution in [-0.2, 0) is 9.47 Å². The number of aromatic amines is 1. The van der Waals surface area contributed by atoms with Crippen LogP contribution in [0, 0.1) is 10.8 Å². The molecule has 0 aliphatic heterocycles. The van der Waals surface area contributed by atoms with Crippen molar-refractivity contribution >= 4 is 17.8 Å². The lowest BCUT2D eigenvalue weighted by Gasteiger charge is -2.18. The predicted molar refractivity (Wildman–Crippen MR) is 93.9 cm³/mol. The van der Waals surface area contributed by atoms with E-state index in [1.54, 1.807) is 0 Å². The highest BCUT2D eigenvalue weighted by molar-refractivity contribution is 6.06. The summed E-state index contributed by atoms with van der Waals surface area (Å²) < 4.78 is 10.5. The Balaban J connectivity index is 2.71. The van der Waals surface area contributed by atoms with Crippen LogP contribution in [0.15, 0.2) is 6.20 Å². The van der Waals surface area contributed by atoms with Crippen LogP contribution in [0.2, 0.25) is 0 Å². The normalized spacial score (nSPS) is 12.1. The molecule has 0 aliphatic carbocycles. The molecule has 6 heteroatoms. The van der Waals surface area contributed by atoms with Crippen LogP contribution in [0.4, 0.5) is 5.82 Å². The van der Waals surface area contributed by atoms with Gasteiger partial charge in [0, 0.05) is 6.20 Å². The maximum Gasteiger partial charge on any atom is 0.342 e. The van der Waals surface area contributed by atoms with Crippen LogP contribution in [0.3, 0.4) is 0 Å². The average molecular weight is 338 g/mol. The molecule has 0 amide bonds. The molecule has 0 aromatic carbocycles. The maximum absolute atomic E-state index is 12.2. The lowest BCUT2D eigenvalue weighted by atomic mass is 9.93. The molecule has 1 aromatic heterocycles. The van der Waals surface area contributed by atoms with E-state index in [1.165, 1.54) is 6.20 Å². The molecule has 6 nitrogen and oxygen atoms in total. The zero-order valence-corrected chi connectivity index (χ0v) is 15.6. The second-order valence-corrected chi connectivity index (χ2v) is 8.38. The van der Waals surface area contributed by atoms with Gasteiger partial charge in [0.15, 0.2) is 0 Å². The molecule has 0 bridgehead atoms. The van der Waals surface area contributed by atoms with Crippen molar-refractivity contribution in [3.05, 3.63) is 17.3 Å². The van der Waals surface area contributed by atoms with Crippen LogP contribution in [0.1, 0.15) is 75.1 Å². The first-order valence-corrected chi connectivity index (χ1v) is 8.22. The Kier molecular flexibility index (Phi) is 6.46. The third-order valence-electron chi connectivity index (χ3n) is 3.51. The number of H-pyrrole nitrogens is 1. The van der Waals surface area contributed by atoms with Crippen LogP contribution in [-0.4, -0.2) is 30.1 Å². The molecule has 0 atom stereocenters. The van der Waals surface area contributed by atoms with E-state index in [9.17, 15) is 9.59 Å². The Morgan fingerprint density at radius 1 is 0.958 bits per heavy atom. The Bertz CT molecular complexity index is 577. The van der Waals surface area contributed by atoms with Crippen molar-refractivity contribution in [2.45, 2.75) is 54.4 Å². The van der Waals surface area contributed by atoms with Crippen LogP contribution >= 0.6 is 0 Å². The highest BCUT2D eigenvalue weighted by atomic mass is 16.5. The lowest BCUT2D eigenvalue weighted by Crippen LogP contribution is -2.18. The number of anilines is 1. The number of carbonyl (C=O) groups is 2. The number of hydrogen-bond acceptors (Lipinski definition) is 5. The predicted octanol–water partition coefficient (Wildman–Crippen LogP) is 3.78. The van der Waals surface area contributed by atoms with Gasteiger partial charge in [0.25, 0.3) is 0 Å². The number of rotatable bonds is 6. The smallest absolute Gasteiger partial charge is 0.342 e. The molecule has 1 rings (SSSR count). The molecule has 0 radical (unpaired) electrons. The van der Waals surface area contributed by atoms with Gasteiger partial charge in [0.1, 0.15) is 11.4 Å². The van der Waals surface area contributed by atoms with Crippen LogP contribution < -0.4 is 5.73 Å². The highest BCUT2D eigenvalue weighted by Crippen LogP contribution is 2.22. The summed E-state index contributed by atoms with van der Waals surface area (Å²) >= 11 is 0. The van der Waals surface area contributed by atoms with Gasteiger partial charge in [-0.05, 0) is 23.7 Å². The Labute approximate surface area is 144 Å². The van der Waals surface area contributed by atoms with Crippen molar-refractivity contribution in [2.24, 2.45) is 10.8 Å². The van der Waals surface area contributed by atoms with Gasteiger partial charge in [-0.25, -0.2) is 9.59 Å². The summed E-state index contributed by atoms with van der Waals surface area (Å²) in [6, 6.07) is 0. The maximum atomic E-state index is 12.2. The average Bonchev–Trinajstić information content (AvgIpc) is 2.77. The third-order valence-corrected chi connectivity index (χ3v) is 3.51. The standard InChI is InChI=1S/C18H30N2O4/c1-17(2,3)7-9-23-15(21)12-11-20-14(19)13(12)16(22)24-10-8-18(4,5)6/h11,20H,7-10,19H2,1-6H3. The van der Waals surface area contributed by atoms with E-state index in [0.29, 0.717) is 6.42 Å². The molecular weight excluding hydrogens is 308 g/mol. The van der Waals surface area contributed by atoms with Gasteiger partial charge in [-0.1, -0.05) is 41.5 Å². The van der Waals surface area contributed by atoms with Gasteiger partial charge in [0.05, 0.1) is 18.8 Å². The minimum absolute atomic E-state index is 0.0460. The molecule has 0 unspecified atom stereocenters. The molecule has 0 saturated carbocycles. The molecule has 0 aliphatic rings. The van der Waals surface area contributed by atoms with Crippen molar-refractivity contribution < 1.29 is 19.1 Å². The Morgan fingerprint density at radius 2 is 1.42 bits per heavy atom. The summed E-state index contributed by atoms with van der Waals surface area (Å²) in [5.74, 6) is -1.07. The van der Waals surface area contributed by atoms with E-state index in [4.69, 9.17) is 15.2 Å². The molecular formula is C18H30N2O4. The van der Waals surface area contributed by atoms with Crippen LogP contribution in [0.25, 0.3) is 0 Å². The number of ether oxygens (including phenoxy) is 2. The zero-order valence-electron chi connectivity index (χ0n) is 15.6. The Hall–Kier alpha value is -1.98. The number of nitrogens with two attached hydrogens (primary N) is 1. The second kappa shape index (κ2) is 7.73. The summed E-state index contributed by atoms with van der Waals surface area (Å²) in [4.78, 5) is 27.1. The van der Waals surface area contributed by atoms with Gasteiger partial charge < -0.3 is 20.2 Å². The number of carbonyl (C=O) groups excluding carboxylic acids is 2. The van der Waals surface area contributed by atoms with Gasteiger partial charge in [-0.2, -0.15) is 0 Å². The SMILES string of the molecule is CC(C)(C)CCOC(=O)c1c[nH]c(N)c1C(=O)OCCC(C)(C)C. The van der Waals surface area contributed by atoms with Gasteiger partial charge >= 0.3 is 11.9 Å². The summed E-state index contributed by atoms with van der Waals surface area (Å²) in [5.41, 5.74) is 6.05. The molecule has 1 heterocycles. The molecule has 0 fully saturated rings. The molecule has 3 N–H and O–H groups in total. The lowest BCUT2D eigenvalue weighted by molar-refractivity contribution is 0.0419. The number of nitrogen functional groups attached to an aromatic ring is 1. The minimum Gasteiger partial charge on any atom is -0.462 e. The quantitative estimate of drug-likeness (QED) is 0.770. The zero-order chi connectivity index (χ0) is 18.5. The van der Waals surface area contributed by atoms with Crippen molar-refractivity contribution in [2.75, 3.05) is 18.9 Å².